The van der Waals surface area contributed by atoms with Crippen molar-refractivity contribution >= 4 is 22.6 Å². The molecule has 1 unspecified atom stereocenters. The number of para-hydroxylation sites is 4. The molecule has 0 bridgehead atoms. The third-order valence-electron chi connectivity index (χ3n) is 6.47. The molecule has 0 aliphatic carbocycles. The first-order valence-electron chi connectivity index (χ1n) is 11.8. The molecular weight excluding hydrogens is 426 g/mol. The number of carbonyl (C=O) groups excluding carboxylic acids is 1. The van der Waals surface area contributed by atoms with Gasteiger partial charge in [0.2, 0.25) is 5.91 Å². The van der Waals surface area contributed by atoms with Gasteiger partial charge in [-0.1, -0.05) is 43.3 Å². The minimum Gasteiger partial charge on any atom is -0.493 e. The molecule has 1 amide bonds. The van der Waals surface area contributed by atoms with Crippen LogP contribution in [0.5, 0.6) is 11.5 Å². The summed E-state index contributed by atoms with van der Waals surface area (Å²) in [6.07, 6.45) is 1.43. The molecule has 6 nitrogen and oxygen atoms in total. The molecule has 2 heterocycles. The topological polar surface area (TPSA) is 56.6 Å². The van der Waals surface area contributed by atoms with Gasteiger partial charge in [0.15, 0.2) is 11.5 Å². The highest BCUT2D eigenvalue weighted by molar-refractivity contribution is 5.96. The fourth-order valence-electron chi connectivity index (χ4n) is 4.67. The van der Waals surface area contributed by atoms with Gasteiger partial charge in [-0.15, -0.1) is 0 Å². The zero-order valence-electron chi connectivity index (χ0n) is 19.6. The Morgan fingerprint density at radius 1 is 0.971 bits per heavy atom. The molecule has 174 valence electrons. The van der Waals surface area contributed by atoms with Crippen molar-refractivity contribution in [2.24, 2.45) is 0 Å². The lowest BCUT2D eigenvalue weighted by molar-refractivity contribution is -0.117. The van der Waals surface area contributed by atoms with E-state index in [0.717, 1.165) is 29.0 Å². The molecular formula is C28H29N3O3. The Morgan fingerprint density at radius 3 is 2.47 bits per heavy atom. The number of rotatable bonds is 8. The van der Waals surface area contributed by atoms with E-state index in [4.69, 9.17) is 14.5 Å². The van der Waals surface area contributed by atoms with Crippen LogP contribution in [-0.2, 0) is 17.8 Å². The predicted molar refractivity (Wildman–Crippen MR) is 134 cm³/mol. The van der Waals surface area contributed by atoms with E-state index in [2.05, 4.69) is 29.7 Å². The minimum atomic E-state index is 0.0250. The van der Waals surface area contributed by atoms with Crippen LogP contribution < -0.4 is 14.4 Å². The van der Waals surface area contributed by atoms with Crippen LogP contribution in [0.2, 0.25) is 0 Å². The molecule has 0 radical (unpaired) electrons. The molecule has 5 rings (SSSR count). The van der Waals surface area contributed by atoms with E-state index in [0.29, 0.717) is 37.6 Å². The summed E-state index contributed by atoms with van der Waals surface area (Å²) in [5.41, 5.74) is 4.21. The van der Waals surface area contributed by atoms with E-state index in [9.17, 15) is 4.79 Å². The zero-order chi connectivity index (χ0) is 23.5. The van der Waals surface area contributed by atoms with Crippen molar-refractivity contribution in [3.8, 4) is 11.5 Å². The first-order chi connectivity index (χ1) is 16.7. The van der Waals surface area contributed by atoms with Crippen molar-refractivity contribution in [2.45, 2.75) is 32.2 Å². The van der Waals surface area contributed by atoms with E-state index in [1.165, 1.54) is 5.56 Å². The van der Waals surface area contributed by atoms with Gasteiger partial charge in [0.25, 0.3) is 0 Å². The van der Waals surface area contributed by atoms with Gasteiger partial charge in [-0.2, -0.15) is 0 Å². The van der Waals surface area contributed by atoms with E-state index >= 15 is 0 Å². The quantitative estimate of drug-likeness (QED) is 0.366. The molecule has 1 aliphatic heterocycles. The number of nitrogens with zero attached hydrogens (tertiary/aromatic N) is 3. The number of hydrogen-bond donors (Lipinski definition) is 0. The van der Waals surface area contributed by atoms with Crippen LogP contribution in [-0.4, -0.2) is 35.7 Å². The van der Waals surface area contributed by atoms with Gasteiger partial charge in [-0.3, -0.25) is 4.79 Å². The molecule has 0 N–H and O–H groups in total. The standard InChI is InChI=1S/C28H29N3O3/c1-3-20-12-14-22(15-13-20)31-19-21(18-27(31)32)28-29-23-8-4-5-9-24(23)30(28)16-17-34-26-11-7-6-10-25(26)33-2/h4-15,21H,3,16-19H2,1-2H3. The number of benzene rings is 3. The summed E-state index contributed by atoms with van der Waals surface area (Å²) in [6, 6.07) is 24.0. The van der Waals surface area contributed by atoms with Gasteiger partial charge in [0.1, 0.15) is 12.4 Å². The average Bonchev–Trinajstić information content (AvgIpc) is 3.45. The Labute approximate surface area is 199 Å². The van der Waals surface area contributed by atoms with Crippen LogP contribution in [0.25, 0.3) is 11.0 Å². The van der Waals surface area contributed by atoms with Crippen molar-refractivity contribution in [3.05, 3.63) is 84.2 Å². The number of fused-ring (bicyclic) bond motifs is 1. The maximum absolute atomic E-state index is 13.0. The molecule has 0 saturated carbocycles. The van der Waals surface area contributed by atoms with Crippen LogP contribution >= 0.6 is 0 Å². The Bertz CT molecular complexity index is 1300. The molecule has 4 aromatic rings. The number of ether oxygens (including phenoxy) is 2. The van der Waals surface area contributed by atoms with E-state index in [1.54, 1.807) is 7.11 Å². The van der Waals surface area contributed by atoms with Crippen LogP contribution in [0.3, 0.4) is 0 Å². The molecule has 0 spiro atoms. The first-order valence-corrected chi connectivity index (χ1v) is 11.8. The summed E-state index contributed by atoms with van der Waals surface area (Å²) in [7, 11) is 1.64. The van der Waals surface area contributed by atoms with Gasteiger partial charge in [-0.25, -0.2) is 4.98 Å². The van der Waals surface area contributed by atoms with E-state index < -0.39 is 0 Å². The van der Waals surface area contributed by atoms with Crippen LogP contribution in [0.1, 0.15) is 30.7 Å². The zero-order valence-corrected chi connectivity index (χ0v) is 19.6. The van der Waals surface area contributed by atoms with Gasteiger partial charge in [0, 0.05) is 24.6 Å². The third kappa shape index (κ3) is 4.23. The number of methoxy groups -OCH3 is 1. The van der Waals surface area contributed by atoms with Crippen molar-refractivity contribution in [3.63, 3.8) is 0 Å². The summed E-state index contributed by atoms with van der Waals surface area (Å²) in [5, 5.41) is 0. The maximum atomic E-state index is 13.0. The van der Waals surface area contributed by atoms with Crippen molar-refractivity contribution < 1.29 is 14.3 Å². The molecule has 1 saturated heterocycles. The van der Waals surface area contributed by atoms with E-state index in [1.807, 2.05) is 59.5 Å². The summed E-state index contributed by atoms with van der Waals surface area (Å²) < 4.78 is 13.7. The van der Waals surface area contributed by atoms with Crippen molar-refractivity contribution in [1.82, 2.24) is 9.55 Å². The molecule has 6 heteroatoms. The smallest absolute Gasteiger partial charge is 0.227 e. The number of amides is 1. The highest BCUT2D eigenvalue weighted by Gasteiger charge is 2.34. The highest BCUT2D eigenvalue weighted by atomic mass is 16.5. The Morgan fingerprint density at radius 2 is 1.71 bits per heavy atom. The second-order valence-corrected chi connectivity index (χ2v) is 8.54. The largest absolute Gasteiger partial charge is 0.493 e. The fraction of sp³-hybridized carbons (Fsp3) is 0.286. The van der Waals surface area contributed by atoms with Gasteiger partial charge < -0.3 is 18.9 Å². The third-order valence-corrected chi connectivity index (χ3v) is 6.47. The SMILES string of the molecule is CCc1ccc(N2CC(c3nc4ccccc4n3CCOc3ccccc3OC)CC2=O)cc1. The fourth-order valence-corrected chi connectivity index (χ4v) is 4.67. The van der Waals surface area contributed by atoms with Gasteiger partial charge in [-0.05, 0) is 48.4 Å². The van der Waals surface area contributed by atoms with Crippen LogP contribution in [0, 0.1) is 0 Å². The second-order valence-electron chi connectivity index (χ2n) is 8.54. The lowest BCUT2D eigenvalue weighted by Crippen LogP contribution is -2.24. The average molecular weight is 456 g/mol. The first kappa shape index (κ1) is 22.0. The molecule has 1 aliphatic rings. The van der Waals surface area contributed by atoms with Gasteiger partial charge in [0.05, 0.1) is 24.7 Å². The lowest BCUT2D eigenvalue weighted by atomic mass is 10.1. The predicted octanol–water partition coefficient (Wildman–Crippen LogP) is 5.21. The monoisotopic (exact) mass is 455 g/mol. The molecule has 34 heavy (non-hydrogen) atoms. The van der Waals surface area contributed by atoms with E-state index in [-0.39, 0.29) is 11.8 Å². The Kier molecular flexibility index (Phi) is 6.21. The normalized spacial score (nSPS) is 15.8. The Hall–Kier alpha value is -3.80. The number of aryl methyl sites for hydroxylation is 1. The molecule has 1 aromatic heterocycles. The van der Waals surface area contributed by atoms with Gasteiger partial charge >= 0.3 is 0 Å². The number of hydrogen-bond acceptors (Lipinski definition) is 4. The molecule has 1 atom stereocenters. The Balaban J connectivity index is 1.39. The summed E-state index contributed by atoms with van der Waals surface area (Å²) in [5.74, 6) is 2.53. The second kappa shape index (κ2) is 9.59. The summed E-state index contributed by atoms with van der Waals surface area (Å²) in [4.78, 5) is 19.8. The summed E-state index contributed by atoms with van der Waals surface area (Å²) >= 11 is 0. The molecule has 1 fully saturated rings. The number of imidazole rings is 1. The number of anilines is 1. The lowest BCUT2D eigenvalue weighted by Gasteiger charge is -2.18. The number of aromatic nitrogens is 2. The summed E-state index contributed by atoms with van der Waals surface area (Å²) in [6.45, 7) is 3.86. The highest BCUT2D eigenvalue weighted by Crippen LogP contribution is 2.33. The minimum absolute atomic E-state index is 0.0250. The van der Waals surface area contributed by atoms with Crippen molar-refractivity contribution in [1.29, 1.82) is 0 Å². The van der Waals surface area contributed by atoms with Crippen molar-refractivity contribution in [2.75, 3.05) is 25.2 Å². The molecule has 3 aromatic carbocycles. The van der Waals surface area contributed by atoms with Crippen LogP contribution in [0.4, 0.5) is 5.69 Å². The number of carbonyl (C=O) groups is 1. The maximum Gasteiger partial charge on any atom is 0.227 e. The van der Waals surface area contributed by atoms with Crippen LogP contribution in [0.15, 0.2) is 72.8 Å².